The lowest BCUT2D eigenvalue weighted by molar-refractivity contribution is 0.238. The van der Waals surface area contributed by atoms with Gasteiger partial charge in [-0.3, -0.25) is 0 Å². The van der Waals surface area contributed by atoms with Crippen LogP contribution in [0.1, 0.15) is 56.2 Å². The van der Waals surface area contributed by atoms with Gasteiger partial charge in [0, 0.05) is 12.6 Å². The highest BCUT2D eigenvalue weighted by atomic mass is 14.9. The molecule has 0 amide bonds. The molecule has 0 heterocycles. The number of benzene rings is 1. The molecule has 2 aliphatic carbocycles. The Morgan fingerprint density at radius 2 is 1.74 bits per heavy atom. The number of hydrogen-bond donors (Lipinski definition) is 1. The average Bonchev–Trinajstić information content (AvgIpc) is 2.82. The van der Waals surface area contributed by atoms with Gasteiger partial charge in [0.2, 0.25) is 0 Å². The fraction of sp³-hybridized carbons (Fsp3) is 0.667. The molecule has 1 nitrogen and oxygen atoms in total. The Morgan fingerprint density at radius 1 is 1.00 bits per heavy atom. The molecular weight excluding hydrogens is 230 g/mol. The van der Waals surface area contributed by atoms with Crippen LogP contribution in [-0.2, 0) is 19.4 Å². The van der Waals surface area contributed by atoms with Crippen LogP contribution in [0.3, 0.4) is 0 Å². The van der Waals surface area contributed by atoms with Crippen molar-refractivity contribution < 1.29 is 0 Å². The molecule has 19 heavy (non-hydrogen) atoms. The molecule has 0 aliphatic heterocycles. The molecule has 2 aliphatic rings. The summed E-state index contributed by atoms with van der Waals surface area (Å²) in [6, 6.07) is 7.84. The Bertz CT molecular complexity index is 427. The molecule has 0 aromatic heterocycles. The van der Waals surface area contributed by atoms with Crippen molar-refractivity contribution in [3.05, 3.63) is 34.9 Å². The highest BCUT2D eigenvalue weighted by molar-refractivity contribution is 5.35. The van der Waals surface area contributed by atoms with E-state index < -0.39 is 0 Å². The molecule has 1 aromatic rings. The van der Waals surface area contributed by atoms with Crippen LogP contribution in [0, 0.1) is 11.8 Å². The molecule has 0 radical (unpaired) electrons. The first kappa shape index (κ1) is 13.2. The first-order valence-electron chi connectivity index (χ1n) is 8.05. The molecule has 2 atom stereocenters. The lowest BCUT2D eigenvalue weighted by atomic mass is 9.80. The summed E-state index contributed by atoms with van der Waals surface area (Å²) in [6.45, 7) is 5.86. The van der Waals surface area contributed by atoms with Crippen molar-refractivity contribution >= 4 is 0 Å². The first-order chi connectivity index (χ1) is 9.20. The number of fused-ring (bicyclic) bond motifs is 1. The molecule has 0 saturated heterocycles. The average molecular weight is 257 g/mol. The van der Waals surface area contributed by atoms with Gasteiger partial charge in [0.1, 0.15) is 0 Å². The number of aryl methyl sites for hydroxylation is 2. The van der Waals surface area contributed by atoms with Crippen LogP contribution in [0.25, 0.3) is 0 Å². The lowest BCUT2D eigenvalue weighted by Crippen LogP contribution is -2.35. The van der Waals surface area contributed by atoms with Gasteiger partial charge in [-0.2, -0.15) is 0 Å². The lowest BCUT2D eigenvalue weighted by Gasteiger charge is -2.32. The van der Waals surface area contributed by atoms with Crippen LogP contribution in [-0.4, -0.2) is 6.04 Å². The quantitative estimate of drug-likeness (QED) is 0.860. The maximum absolute atomic E-state index is 3.79. The summed E-state index contributed by atoms with van der Waals surface area (Å²) in [6.07, 6.45) is 8.06. The van der Waals surface area contributed by atoms with Crippen LogP contribution in [0.4, 0.5) is 0 Å². The second kappa shape index (κ2) is 5.66. The van der Waals surface area contributed by atoms with Gasteiger partial charge in [-0.25, -0.2) is 0 Å². The van der Waals surface area contributed by atoms with E-state index in [2.05, 4.69) is 37.4 Å². The Kier molecular flexibility index (Phi) is 3.93. The zero-order valence-electron chi connectivity index (χ0n) is 12.4. The third-order valence-corrected chi connectivity index (χ3v) is 4.94. The highest BCUT2D eigenvalue weighted by Crippen LogP contribution is 2.29. The first-order valence-corrected chi connectivity index (χ1v) is 8.05. The van der Waals surface area contributed by atoms with E-state index in [4.69, 9.17) is 0 Å². The van der Waals surface area contributed by atoms with Crippen molar-refractivity contribution in [1.29, 1.82) is 0 Å². The molecular formula is C18H27N. The van der Waals surface area contributed by atoms with Gasteiger partial charge in [-0.1, -0.05) is 32.0 Å². The van der Waals surface area contributed by atoms with Gasteiger partial charge >= 0.3 is 0 Å². The summed E-state index contributed by atoms with van der Waals surface area (Å²) < 4.78 is 0. The van der Waals surface area contributed by atoms with Gasteiger partial charge in [0.05, 0.1) is 0 Å². The summed E-state index contributed by atoms with van der Waals surface area (Å²) in [7, 11) is 0. The molecule has 1 fully saturated rings. The smallest absolute Gasteiger partial charge is 0.0208 e. The van der Waals surface area contributed by atoms with Crippen molar-refractivity contribution in [2.45, 2.75) is 65.0 Å². The van der Waals surface area contributed by atoms with Crippen LogP contribution < -0.4 is 5.32 Å². The highest BCUT2D eigenvalue weighted by Gasteiger charge is 2.23. The van der Waals surface area contributed by atoms with E-state index in [0.29, 0.717) is 0 Å². The van der Waals surface area contributed by atoms with Gasteiger partial charge < -0.3 is 5.32 Å². The molecule has 1 N–H and O–H groups in total. The van der Waals surface area contributed by atoms with E-state index in [-0.39, 0.29) is 0 Å². The summed E-state index contributed by atoms with van der Waals surface area (Å²) in [5.74, 6) is 1.78. The van der Waals surface area contributed by atoms with Crippen LogP contribution in [0.5, 0.6) is 0 Å². The van der Waals surface area contributed by atoms with Crippen molar-refractivity contribution in [2.75, 3.05) is 0 Å². The topological polar surface area (TPSA) is 12.0 Å². The maximum atomic E-state index is 3.79. The monoisotopic (exact) mass is 257 g/mol. The predicted octanol–water partition coefficient (Wildman–Crippen LogP) is 4.09. The molecule has 0 bridgehead atoms. The number of hydrogen-bond acceptors (Lipinski definition) is 1. The fourth-order valence-electron chi connectivity index (χ4n) is 4.11. The second-order valence-corrected chi connectivity index (χ2v) is 6.95. The van der Waals surface area contributed by atoms with Gasteiger partial charge in [-0.15, -0.1) is 0 Å². The second-order valence-electron chi connectivity index (χ2n) is 6.95. The van der Waals surface area contributed by atoms with E-state index in [1.165, 1.54) is 44.1 Å². The van der Waals surface area contributed by atoms with Crippen LogP contribution in [0.2, 0.25) is 0 Å². The Morgan fingerprint density at radius 3 is 2.53 bits per heavy atom. The minimum Gasteiger partial charge on any atom is -0.310 e. The molecule has 3 rings (SSSR count). The zero-order valence-corrected chi connectivity index (χ0v) is 12.4. The van der Waals surface area contributed by atoms with Crippen molar-refractivity contribution in [2.24, 2.45) is 11.8 Å². The minimum atomic E-state index is 0.729. The van der Waals surface area contributed by atoms with E-state index in [0.717, 1.165) is 24.4 Å². The molecule has 1 aromatic carbocycles. The summed E-state index contributed by atoms with van der Waals surface area (Å²) in [4.78, 5) is 0. The Balaban J connectivity index is 1.57. The zero-order chi connectivity index (χ0) is 13.2. The largest absolute Gasteiger partial charge is 0.310 e. The standard InChI is InChI=1S/C18H27N/c1-13-8-14(2)10-18(9-13)19-12-15-6-7-16-4-3-5-17(16)11-15/h6-7,11,13-14,18-19H,3-5,8-10,12H2,1-2H3. The third-order valence-electron chi connectivity index (χ3n) is 4.94. The minimum absolute atomic E-state index is 0.729. The van der Waals surface area contributed by atoms with Gasteiger partial charge in [-0.05, 0) is 67.1 Å². The molecule has 2 unspecified atom stereocenters. The number of nitrogens with one attached hydrogen (secondary N) is 1. The Labute approximate surface area is 117 Å². The summed E-state index contributed by atoms with van der Waals surface area (Å²) >= 11 is 0. The maximum Gasteiger partial charge on any atom is 0.0208 e. The molecule has 1 heteroatoms. The number of rotatable bonds is 3. The summed E-state index contributed by atoms with van der Waals surface area (Å²) in [5, 5.41) is 3.79. The van der Waals surface area contributed by atoms with Crippen molar-refractivity contribution in [3.63, 3.8) is 0 Å². The van der Waals surface area contributed by atoms with E-state index in [9.17, 15) is 0 Å². The van der Waals surface area contributed by atoms with E-state index in [1.54, 1.807) is 11.1 Å². The fourth-order valence-corrected chi connectivity index (χ4v) is 4.11. The van der Waals surface area contributed by atoms with Crippen LogP contribution in [0.15, 0.2) is 18.2 Å². The van der Waals surface area contributed by atoms with Crippen molar-refractivity contribution in [3.8, 4) is 0 Å². The van der Waals surface area contributed by atoms with E-state index >= 15 is 0 Å². The van der Waals surface area contributed by atoms with Gasteiger partial charge in [0.25, 0.3) is 0 Å². The molecule has 1 saturated carbocycles. The molecule has 0 spiro atoms. The van der Waals surface area contributed by atoms with Crippen molar-refractivity contribution in [1.82, 2.24) is 5.32 Å². The van der Waals surface area contributed by atoms with Crippen LogP contribution >= 0.6 is 0 Å². The molecule has 104 valence electrons. The van der Waals surface area contributed by atoms with Gasteiger partial charge in [0.15, 0.2) is 0 Å². The normalized spacial score (nSPS) is 30.3. The predicted molar refractivity (Wildman–Crippen MR) is 81.3 cm³/mol. The summed E-state index contributed by atoms with van der Waals surface area (Å²) in [5.41, 5.74) is 4.67. The van der Waals surface area contributed by atoms with E-state index in [1.807, 2.05) is 0 Å². The Hall–Kier alpha value is -0.820. The third kappa shape index (κ3) is 3.20. The SMILES string of the molecule is CC1CC(C)CC(NCc2ccc3c(c2)CCC3)C1.